The molecule has 1 aromatic rings. The van der Waals surface area contributed by atoms with E-state index in [-0.39, 0.29) is 5.91 Å². The van der Waals surface area contributed by atoms with Crippen molar-refractivity contribution in [3.05, 3.63) is 23.8 Å². The van der Waals surface area contributed by atoms with Gasteiger partial charge in [-0.05, 0) is 37.0 Å². The Bertz CT molecular complexity index is 462. The van der Waals surface area contributed by atoms with Crippen molar-refractivity contribution >= 4 is 17.3 Å². The average molecular weight is 261 g/mol. The normalized spacial score (nSPS) is 16.5. The standard InChI is InChI=1S/C15H23N3O/c1-11-6-8-18(9-7-11)15(19)13-10-12(16)4-5-14(13)17(2)3/h4-5,10-11H,6-9,16H2,1-3H3. The van der Waals surface area contributed by atoms with E-state index in [4.69, 9.17) is 5.73 Å². The van der Waals surface area contributed by atoms with Gasteiger partial charge in [-0.25, -0.2) is 0 Å². The lowest BCUT2D eigenvalue weighted by molar-refractivity contribution is 0.0698. The smallest absolute Gasteiger partial charge is 0.256 e. The van der Waals surface area contributed by atoms with Gasteiger partial charge in [0.2, 0.25) is 0 Å². The fourth-order valence-electron chi connectivity index (χ4n) is 2.50. The molecule has 19 heavy (non-hydrogen) atoms. The van der Waals surface area contributed by atoms with Crippen molar-refractivity contribution in [2.24, 2.45) is 5.92 Å². The van der Waals surface area contributed by atoms with Crippen LogP contribution in [-0.2, 0) is 0 Å². The van der Waals surface area contributed by atoms with Crippen molar-refractivity contribution < 1.29 is 4.79 Å². The summed E-state index contributed by atoms with van der Waals surface area (Å²) >= 11 is 0. The maximum atomic E-state index is 12.6. The van der Waals surface area contributed by atoms with Crippen LogP contribution < -0.4 is 10.6 Å². The Labute approximate surface area is 115 Å². The molecule has 1 fully saturated rings. The molecular formula is C15H23N3O. The van der Waals surface area contributed by atoms with Crippen LogP contribution >= 0.6 is 0 Å². The fourth-order valence-corrected chi connectivity index (χ4v) is 2.50. The summed E-state index contributed by atoms with van der Waals surface area (Å²) < 4.78 is 0. The van der Waals surface area contributed by atoms with Crippen LogP contribution in [-0.4, -0.2) is 38.0 Å². The van der Waals surface area contributed by atoms with Crippen LogP contribution in [0.3, 0.4) is 0 Å². The number of nitrogen functional groups attached to an aromatic ring is 1. The third-order valence-corrected chi connectivity index (χ3v) is 3.80. The number of likely N-dealkylation sites (tertiary alicyclic amines) is 1. The minimum absolute atomic E-state index is 0.0999. The molecular weight excluding hydrogens is 238 g/mol. The van der Waals surface area contributed by atoms with E-state index in [1.54, 1.807) is 6.07 Å². The predicted octanol–water partition coefficient (Wildman–Crippen LogP) is 2.21. The molecule has 1 heterocycles. The lowest BCUT2D eigenvalue weighted by Crippen LogP contribution is -2.38. The van der Waals surface area contributed by atoms with Crippen LogP contribution in [0.15, 0.2) is 18.2 Å². The zero-order valence-corrected chi connectivity index (χ0v) is 12.0. The van der Waals surface area contributed by atoms with Crippen LogP contribution in [0.4, 0.5) is 11.4 Å². The van der Waals surface area contributed by atoms with Crippen LogP contribution in [0.5, 0.6) is 0 Å². The van der Waals surface area contributed by atoms with Gasteiger partial charge in [-0.2, -0.15) is 0 Å². The summed E-state index contributed by atoms with van der Waals surface area (Å²) in [6.07, 6.45) is 2.18. The molecule has 0 saturated carbocycles. The Balaban J connectivity index is 2.25. The van der Waals surface area contributed by atoms with E-state index in [1.165, 1.54) is 0 Å². The summed E-state index contributed by atoms with van der Waals surface area (Å²) in [5.74, 6) is 0.820. The SMILES string of the molecule is CC1CCN(C(=O)c2cc(N)ccc2N(C)C)CC1. The summed E-state index contributed by atoms with van der Waals surface area (Å²) in [7, 11) is 3.89. The largest absolute Gasteiger partial charge is 0.399 e. The van der Waals surface area contributed by atoms with Crippen LogP contribution in [0.2, 0.25) is 0 Å². The minimum atomic E-state index is 0.0999. The van der Waals surface area contributed by atoms with E-state index < -0.39 is 0 Å². The molecule has 0 atom stereocenters. The van der Waals surface area contributed by atoms with Gasteiger partial charge in [-0.3, -0.25) is 4.79 Å². The Morgan fingerprint density at radius 3 is 2.53 bits per heavy atom. The Kier molecular flexibility index (Phi) is 3.98. The summed E-state index contributed by atoms with van der Waals surface area (Å²) in [5, 5.41) is 0. The highest BCUT2D eigenvalue weighted by Gasteiger charge is 2.23. The minimum Gasteiger partial charge on any atom is -0.399 e. The number of carbonyl (C=O) groups is 1. The number of anilines is 2. The van der Waals surface area contributed by atoms with Crippen molar-refractivity contribution in [1.29, 1.82) is 0 Å². The van der Waals surface area contributed by atoms with Gasteiger partial charge in [0.15, 0.2) is 0 Å². The highest BCUT2D eigenvalue weighted by Crippen LogP contribution is 2.25. The molecule has 1 aromatic carbocycles. The van der Waals surface area contributed by atoms with Gasteiger partial charge in [-0.15, -0.1) is 0 Å². The summed E-state index contributed by atoms with van der Waals surface area (Å²) in [6, 6.07) is 5.54. The molecule has 4 heteroatoms. The van der Waals surface area contributed by atoms with E-state index in [9.17, 15) is 4.79 Å². The molecule has 1 saturated heterocycles. The molecule has 0 unspecified atom stereocenters. The highest BCUT2D eigenvalue weighted by atomic mass is 16.2. The lowest BCUT2D eigenvalue weighted by atomic mass is 9.98. The maximum Gasteiger partial charge on any atom is 0.256 e. The predicted molar refractivity (Wildman–Crippen MR) is 79.5 cm³/mol. The van der Waals surface area contributed by atoms with Gasteiger partial charge in [0.1, 0.15) is 0 Å². The van der Waals surface area contributed by atoms with Crippen molar-refractivity contribution in [1.82, 2.24) is 4.90 Å². The molecule has 1 amide bonds. The molecule has 1 aliphatic heterocycles. The van der Waals surface area contributed by atoms with Gasteiger partial charge in [0.25, 0.3) is 5.91 Å². The Morgan fingerprint density at radius 2 is 1.95 bits per heavy atom. The fraction of sp³-hybridized carbons (Fsp3) is 0.533. The van der Waals surface area contributed by atoms with Crippen molar-refractivity contribution in [3.8, 4) is 0 Å². The van der Waals surface area contributed by atoms with E-state index in [1.807, 2.05) is 36.0 Å². The van der Waals surface area contributed by atoms with Crippen LogP contribution in [0.1, 0.15) is 30.1 Å². The number of rotatable bonds is 2. The quantitative estimate of drug-likeness (QED) is 0.830. The number of amides is 1. The Hall–Kier alpha value is -1.71. The first kappa shape index (κ1) is 13.7. The molecule has 2 N–H and O–H groups in total. The average Bonchev–Trinajstić information content (AvgIpc) is 2.38. The van der Waals surface area contributed by atoms with Gasteiger partial charge >= 0.3 is 0 Å². The molecule has 0 aliphatic carbocycles. The molecule has 0 spiro atoms. The van der Waals surface area contributed by atoms with Gasteiger partial charge in [-0.1, -0.05) is 6.92 Å². The van der Waals surface area contributed by atoms with E-state index in [0.29, 0.717) is 11.3 Å². The summed E-state index contributed by atoms with van der Waals surface area (Å²) in [4.78, 5) is 16.5. The molecule has 2 rings (SSSR count). The number of nitrogens with zero attached hydrogens (tertiary/aromatic N) is 2. The summed E-state index contributed by atoms with van der Waals surface area (Å²) in [6.45, 7) is 3.94. The van der Waals surface area contributed by atoms with Crippen LogP contribution in [0, 0.1) is 5.92 Å². The number of carbonyl (C=O) groups excluding carboxylic acids is 1. The van der Waals surface area contributed by atoms with Gasteiger partial charge < -0.3 is 15.5 Å². The second kappa shape index (κ2) is 5.51. The van der Waals surface area contributed by atoms with Crippen molar-refractivity contribution in [2.75, 3.05) is 37.8 Å². The number of piperidine rings is 1. The molecule has 0 radical (unpaired) electrons. The third-order valence-electron chi connectivity index (χ3n) is 3.80. The first-order valence-electron chi connectivity index (χ1n) is 6.85. The van der Waals surface area contributed by atoms with Gasteiger partial charge in [0, 0.05) is 38.6 Å². The molecule has 104 valence electrons. The van der Waals surface area contributed by atoms with Crippen LogP contribution in [0.25, 0.3) is 0 Å². The highest BCUT2D eigenvalue weighted by molar-refractivity contribution is 6.00. The number of nitrogens with two attached hydrogens (primary N) is 1. The molecule has 0 bridgehead atoms. The molecule has 1 aliphatic rings. The van der Waals surface area contributed by atoms with E-state index in [2.05, 4.69) is 6.92 Å². The van der Waals surface area contributed by atoms with Gasteiger partial charge in [0.05, 0.1) is 5.56 Å². The Morgan fingerprint density at radius 1 is 1.32 bits per heavy atom. The van der Waals surface area contributed by atoms with Crippen molar-refractivity contribution in [2.45, 2.75) is 19.8 Å². The van der Waals surface area contributed by atoms with E-state index in [0.717, 1.165) is 37.5 Å². The number of hydrogen-bond donors (Lipinski definition) is 1. The monoisotopic (exact) mass is 261 g/mol. The van der Waals surface area contributed by atoms with E-state index >= 15 is 0 Å². The second-order valence-corrected chi connectivity index (χ2v) is 5.65. The maximum absolute atomic E-state index is 12.6. The zero-order valence-electron chi connectivity index (χ0n) is 12.0. The topological polar surface area (TPSA) is 49.6 Å². The number of hydrogen-bond acceptors (Lipinski definition) is 3. The molecule has 4 nitrogen and oxygen atoms in total. The first-order valence-corrected chi connectivity index (χ1v) is 6.85. The lowest BCUT2D eigenvalue weighted by Gasteiger charge is -2.31. The first-order chi connectivity index (χ1) is 8.99. The second-order valence-electron chi connectivity index (χ2n) is 5.65. The molecule has 0 aromatic heterocycles. The zero-order chi connectivity index (χ0) is 14.0. The number of benzene rings is 1. The third kappa shape index (κ3) is 3.00. The van der Waals surface area contributed by atoms with Crippen molar-refractivity contribution in [3.63, 3.8) is 0 Å². The summed E-state index contributed by atoms with van der Waals surface area (Å²) in [5.41, 5.74) is 8.10.